The molecule has 9 heteroatoms. The van der Waals surface area contributed by atoms with Gasteiger partial charge in [0.25, 0.3) is 5.69 Å². The number of benzene rings is 2. The Balaban J connectivity index is 1.87. The number of aldehydes is 1. The molecule has 0 amide bonds. The maximum atomic E-state index is 12.4. The average molecular weight is 489 g/mol. The molecule has 0 aliphatic carbocycles. The van der Waals surface area contributed by atoms with E-state index in [0.29, 0.717) is 22.6 Å². The summed E-state index contributed by atoms with van der Waals surface area (Å²) in [4.78, 5) is 23.4. The highest BCUT2D eigenvalue weighted by Crippen LogP contribution is 2.36. The number of aromatic nitrogens is 2. The number of fused-ring (bicyclic) bond motifs is 1. The van der Waals surface area contributed by atoms with E-state index in [9.17, 15) is 14.9 Å². The zero-order valence-electron chi connectivity index (χ0n) is 21.7. The fraction of sp³-hybridized carbons (Fsp3) is 0.370. The van der Waals surface area contributed by atoms with Gasteiger partial charge in [-0.2, -0.15) is 10.2 Å². The average Bonchev–Trinajstić information content (AvgIpc) is 3.18. The van der Waals surface area contributed by atoms with E-state index < -0.39 is 11.0 Å². The molecule has 0 spiro atoms. The van der Waals surface area contributed by atoms with Gasteiger partial charge in [-0.05, 0) is 56.9 Å². The van der Waals surface area contributed by atoms with Crippen molar-refractivity contribution in [2.24, 2.45) is 5.10 Å². The number of anilines is 2. The fourth-order valence-corrected chi connectivity index (χ4v) is 4.26. The molecule has 1 unspecified atom stereocenters. The van der Waals surface area contributed by atoms with Gasteiger partial charge >= 0.3 is 0 Å². The van der Waals surface area contributed by atoms with E-state index in [-0.39, 0.29) is 16.6 Å². The molecule has 36 heavy (non-hydrogen) atoms. The molecule has 0 saturated heterocycles. The number of carbonyl (C=O) groups is 1. The van der Waals surface area contributed by atoms with Gasteiger partial charge < -0.3 is 10.1 Å². The van der Waals surface area contributed by atoms with Gasteiger partial charge in [0.05, 0.1) is 21.8 Å². The first-order chi connectivity index (χ1) is 16.8. The van der Waals surface area contributed by atoms with Crippen molar-refractivity contribution in [1.29, 1.82) is 0 Å². The molecule has 188 valence electrons. The lowest BCUT2D eigenvalue weighted by Crippen LogP contribution is -2.36. The van der Waals surface area contributed by atoms with Crippen LogP contribution in [0.3, 0.4) is 0 Å². The van der Waals surface area contributed by atoms with Crippen LogP contribution in [0.5, 0.6) is 0 Å². The number of nitrogens with one attached hydrogen (secondary N) is 1. The summed E-state index contributed by atoms with van der Waals surface area (Å²) >= 11 is 0. The molecule has 0 radical (unpaired) electrons. The van der Waals surface area contributed by atoms with Crippen LogP contribution in [0.2, 0.25) is 0 Å². The van der Waals surface area contributed by atoms with Crippen molar-refractivity contribution in [2.75, 3.05) is 10.3 Å². The second kappa shape index (κ2) is 8.89. The van der Waals surface area contributed by atoms with Crippen LogP contribution >= 0.6 is 0 Å². The molecule has 0 bridgehead atoms. The first-order valence-electron chi connectivity index (χ1n) is 11.9. The largest absolute Gasteiger partial charge is 0.323 e. The molecular formula is C27H32N6O3. The molecule has 1 aliphatic heterocycles. The molecule has 2 heterocycles. The zero-order chi connectivity index (χ0) is 26.4. The summed E-state index contributed by atoms with van der Waals surface area (Å²) in [5.74, 6) is 1.21. The van der Waals surface area contributed by atoms with Gasteiger partial charge in [-0.15, -0.1) is 0 Å². The molecule has 4 rings (SSSR count). The second-order valence-corrected chi connectivity index (χ2v) is 11.1. The summed E-state index contributed by atoms with van der Waals surface area (Å²) in [6.45, 7) is 14.5. The normalized spacial score (nSPS) is 15.8. The number of carbonyl (C=O) groups excluding carboxylic acids is 1. The maximum absolute atomic E-state index is 12.4. The minimum absolute atomic E-state index is 0.0308. The van der Waals surface area contributed by atoms with Crippen LogP contribution in [0.1, 0.15) is 70.0 Å². The Kier molecular flexibility index (Phi) is 6.20. The van der Waals surface area contributed by atoms with Crippen molar-refractivity contribution < 1.29 is 9.72 Å². The Labute approximate surface area is 211 Å². The topological polar surface area (TPSA) is 106 Å². The van der Waals surface area contributed by atoms with E-state index in [2.05, 4.69) is 52.0 Å². The van der Waals surface area contributed by atoms with E-state index in [1.807, 2.05) is 41.9 Å². The number of nitro benzene ring substituents is 1. The summed E-state index contributed by atoms with van der Waals surface area (Å²) in [5.41, 5.74) is 3.42. The van der Waals surface area contributed by atoms with Crippen LogP contribution in [0, 0.1) is 17.0 Å². The van der Waals surface area contributed by atoms with Crippen molar-refractivity contribution in [3.8, 4) is 0 Å². The van der Waals surface area contributed by atoms with Gasteiger partial charge in [-0.3, -0.25) is 10.1 Å². The van der Waals surface area contributed by atoms with Gasteiger partial charge in [-0.1, -0.05) is 32.9 Å². The fourth-order valence-electron chi connectivity index (χ4n) is 4.26. The molecule has 9 nitrogen and oxygen atoms in total. The highest BCUT2D eigenvalue weighted by atomic mass is 16.6. The standard InChI is InChI=1S/C27H32N6O3/c1-17-14-24(32(29-17)27(5,6)7)28-25-21-13-12-20(33(35)36)15-22(21)23(16-34)31(30-25)19-10-8-18(9-11-19)26(2,3)4/h8-16,23H,1-7H3,(H,28,30). The van der Waals surface area contributed by atoms with Crippen molar-refractivity contribution in [3.63, 3.8) is 0 Å². The number of amidine groups is 1. The highest BCUT2D eigenvalue weighted by Gasteiger charge is 2.33. The SMILES string of the molecule is Cc1cc(NC2=NN(c3ccc(C(C)(C)C)cc3)C(C=O)c3cc([N+](=O)[O-])ccc32)n(C(C)(C)C)n1. The van der Waals surface area contributed by atoms with E-state index in [0.717, 1.165) is 23.4 Å². The number of rotatable bonds is 4. The van der Waals surface area contributed by atoms with Crippen molar-refractivity contribution in [2.45, 2.75) is 65.5 Å². The van der Waals surface area contributed by atoms with Crippen LogP contribution in [0.15, 0.2) is 53.6 Å². The molecule has 3 aromatic rings. The number of hydrogen-bond donors (Lipinski definition) is 1. The van der Waals surface area contributed by atoms with E-state index in [1.165, 1.54) is 12.1 Å². The number of non-ortho nitro benzene ring substituents is 1. The van der Waals surface area contributed by atoms with Gasteiger partial charge in [0, 0.05) is 29.3 Å². The Bertz CT molecular complexity index is 1340. The molecule has 1 aromatic heterocycles. The highest BCUT2D eigenvalue weighted by molar-refractivity contribution is 6.11. The van der Waals surface area contributed by atoms with Crippen molar-refractivity contribution in [1.82, 2.24) is 9.78 Å². The van der Waals surface area contributed by atoms with E-state index >= 15 is 0 Å². The first kappa shape index (κ1) is 25.1. The molecular weight excluding hydrogens is 456 g/mol. The summed E-state index contributed by atoms with van der Waals surface area (Å²) in [6.07, 6.45) is 0.768. The van der Waals surface area contributed by atoms with Crippen LogP contribution in [-0.4, -0.2) is 26.8 Å². The zero-order valence-corrected chi connectivity index (χ0v) is 21.7. The van der Waals surface area contributed by atoms with E-state index in [1.54, 1.807) is 11.1 Å². The lowest BCUT2D eigenvalue weighted by molar-refractivity contribution is -0.384. The smallest absolute Gasteiger partial charge is 0.269 e. The third kappa shape index (κ3) is 4.73. The predicted molar refractivity (Wildman–Crippen MR) is 142 cm³/mol. The Hall–Kier alpha value is -4.01. The van der Waals surface area contributed by atoms with Gasteiger partial charge in [0.15, 0.2) is 5.84 Å². The monoisotopic (exact) mass is 488 g/mol. The van der Waals surface area contributed by atoms with Crippen molar-refractivity contribution >= 4 is 29.3 Å². The summed E-state index contributed by atoms with van der Waals surface area (Å²) < 4.78 is 1.88. The van der Waals surface area contributed by atoms with Crippen LogP contribution in [-0.2, 0) is 15.7 Å². The van der Waals surface area contributed by atoms with Crippen LogP contribution < -0.4 is 10.3 Å². The molecule has 0 saturated carbocycles. The minimum atomic E-state index is -0.819. The Morgan fingerprint density at radius 1 is 1.03 bits per heavy atom. The summed E-state index contributed by atoms with van der Waals surface area (Å²) in [6, 6.07) is 13.5. The number of hydrogen-bond acceptors (Lipinski definition) is 7. The predicted octanol–water partition coefficient (Wildman–Crippen LogP) is 5.69. The molecule has 1 atom stereocenters. The molecule has 0 fully saturated rings. The number of hydrazone groups is 1. The van der Waals surface area contributed by atoms with Crippen molar-refractivity contribution in [3.05, 3.63) is 81.0 Å². The van der Waals surface area contributed by atoms with Gasteiger partial charge in [-0.25, -0.2) is 9.69 Å². The number of nitro groups is 1. The minimum Gasteiger partial charge on any atom is -0.323 e. The maximum Gasteiger partial charge on any atom is 0.269 e. The lowest BCUT2D eigenvalue weighted by atomic mass is 9.87. The second-order valence-electron chi connectivity index (χ2n) is 11.1. The summed E-state index contributed by atoms with van der Waals surface area (Å²) in [5, 5.41) is 26.0. The molecule has 2 aromatic carbocycles. The quantitative estimate of drug-likeness (QED) is 0.287. The Morgan fingerprint density at radius 3 is 2.25 bits per heavy atom. The van der Waals surface area contributed by atoms with Crippen LogP contribution in [0.4, 0.5) is 17.2 Å². The third-order valence-electron chi connectivity index (χ3n) is 6.13. The molecule has 1 aliphatic rings. The van der Waals surface area contributed by atoms with E-state index in [4.69, 9.17) is 5.10 Å². The lowest BCUT2D eigenvalue weighted by Gasteiger charge is -2.33. The third-order valence-corrected chi connectivity index (χ3v) is 6.13. The van der Waals surface area contributed by atoms with Gasteiger partial charge in [0.2, 0.25) is 0 Å². The Morgan fingerprint density at radius 2 is 1.69 bits per heavy atom. The molecule has 1 N–H and O–H groups in total. The first-order valence-corrected chi connectivity index (χ1v) is 11.9. The summed E-state index contributed by atoms with van der Waals surface area (Å²) in [7, 11) is 0. The number of nitrogens with zero attached hydrogens (tertiary/aromatic N) is 5. The van der Waals surface area contributed by atoms with Crippen LogP contribution in [0.25, 0.3) is 0 Å². The number of aryl methyl sites for hydroxylation is 1. The van der Waals surface area contributed by atoms with Gasteiger partial charge in [0.1, 0.15) is 18.1 Å².